The largest absolute Gasteiger partial charge is 0.454 e. The lowest BCUT2D eigenvalue weighted by Gasteiger charge is -2.53. The molecule has 1 aliphatic carbocycles. The summed E-state index contributed by atoms with van der Waals surface area (Å²) in [7, 11) is 0. The summed E-state index contributed by atoms with van der Waals surface area (Å²) in [5.41, 5.74) is 16.1. The Hall–Kier alpha value is -5.02. The van der Waals surface area contributed by atoms with Gasteiger partial charge in [0.1, 0.15) is 5.58 Å². The molecule has 3 heteroatoms. The average molecular weight is 606 g/mol. The van der Waals surface area contributed by atoms with Crippen molar-refractivity contribution < 1.29 is 4.42 Å². The quantitative estimate of drug-likeness (QED) is 0.173. The van der Waals surface area contributed by atoms with Gasteiger partial charge >= 0.3 is 6.85 Å². The van der Waals surface area contributed by atoms with Crippen LogP contribution < -0.4 is 15.7 Å². The Morgan fingerprint density at radius 1 is 0.489 bits per heavy atom. The van der Waals surface area contributed by atoms with E-state index in [4.69, 9.17) is 4.42 Å². The van der Waals surface area contributed by atoms with Gasteiger partial charge in [-0.2, -0.15) is 0 Å². The molecule has 0 bridgehead atoms. The lowest BCUT2D eigenvalue weighted by atomic mass is 9.37. The third-order valence-electron chi connectivity index (χ3n) is 12.0. The third kappa shape index (κ3) is 3.18. The predicted molar refractivity (Wildman–Crippen MR) is 196 cm³/mol. The standard InChI is InChI=1S/C44H36BNO/c1-42(2)29-16-7-8-17-30(29)44(5)31-18-9-11-21-35(31)45(36-22-14-20-33(42)39(36)44)46-37-23-12-10-19-32(37)43(3,4)34-26-25-28-27-15-6-13-24-38(27)47-41(28)40(34)46/h6-26H,1-5H3. The minimum atomic E-state index is -0.284. The topological polar surface area (TPSA) is 16.4 Å². The summed E-state index contributed by atoms with van der Waals surface area (Å²) < 4.78 is 6.89. The maximum atomic E-state index is 6.89. The number of hydrogen-bond donors (Lipinski definition) is 0. The zero-order valence-corrected chi connectivity index (χ0v) is 27.6. The number of benzene rings is 6. The summed E-state index contributed by atoms with van der Waals surface area (Å²) in [6, 6.07) is 47.6. The van der Waals surface area contributed by atoms with E-state index in [9.17, 15) is 0 Å². The van der Waals surface area contributed by atoms with Crippen LogP contribution in [0.25, 0.3) is 21.9 Å². The van der Waals surface area contributed by atoms with Crippen LogP contribution in [0.5, 0.6) is 0 Å². The van der Waals surface area contributed by atoms with Crippen molar-refractivity contribution in [1.82, 2.24) is 0 Å². The first kappa shape index (κ1) is 27.1. The van der Waals surface area contributed by atoms with Crippen LogP contribution in [0.15, 0.2) is 132 Å². The Kier molecular flexibility index (Phi) is 5.12. The molecule has 226 valence electrons. The first-order valence-electron chi connectivity index (χ1n) is 16.9. The summed E-state index contributed by atoms with van der Waals surface area (Å²) in [6.07, 6.45) is 0. The van der Waals surface area contributed by atoms with Crippen molar-refractivity contribution in [3.8, 4) is 0 Å². The Labute approximate surface area is 276 Å². The van der Waals surface area contributed by atoms with Crippen LogP contribution in [-0.4, -0.2) is 6.85 Å². The minimum Gasteiger partial charge on any atom is -0.454 e. The van der Waals surface area contributed by atoms with Crippen LogP contribution >= 0.6 is 0 Å². The molecule has 1 aromatic heterocycles. The Morgan fingerprint density at radius 3 is 1.94 bits per heavy atom. The molecule has 2 nitrogen and oxygen atoms in total. The molecule has 1 atom stereocenters. The second kappa shape index (κ2) is 8.86. The van der Waals surface area contributed by atoms with Crippen molar-refractivity contribution >= 4 is 51.1 Å². The molecule has 0 amide bonds. The highest BCUT2D eigenvalue weighted by Crippen LogP contribution is 2.56. The van der Waals surface area contributed by atoms with Gasteiger partial charge < -0.3 is 9.23 Å². The predicted octanol–water partition coefficient (Wildman–Crippen LogP) is 9.48. The Balaban J connectivity index is 1.37. The van der Waals surface area contributed by atoms with Gasteiger partial charge in [-0.3, -0.25) is 0 Å². The SMILES string of the molecule is CC1(C)c2ccccc2C2(C)c3ccccc3B(N3c4ccccc4C(C)(C)c4ccc5c(oc6ccccc65)c43)c3cccc1c32. The molecule has 0 saturated carbocycles. The van der Waals surface area contributed by atoms with E-state index in [1.165, 1.54) is 66.6 Å². The van der Waals surface area contributed by atoms with Gasteiger partial charge in [-0.15, -0.1) is 0 Å². The smallest absolute Gasteiger partial charge is 0.328 e. The zero-order chi connectivity index (χ0) is 31.9. The van der Waals surface area contributed by atoms with E-state index in [1.807, 2.05) is 0 Å². The molecule has 3 heterocycles. The van der Waals surface area contributed by atoms with Gasteiger partial charge in [0, 0.05) is 32.7 Å². The van der Waals surface area contributed by atoms with Crippen molar-refractivity contribution in [3.05, 3.63) is 166 Å². The molecule has 6 aromatic carbocycles. The number of fused-ring (bicyclic) bond motifs is 10. The Bertz CT molecular complexity index is 2470. The van der Waals surface area contributed by atoms with E-state index >= 15 is 0 Å². The average Bonchev–Trinajstić information content (AvgIpc) is 3.48. The van der Waals surface area contributed by atoms with Gasteiger partial charge in [-0.05, 0) is 68.9 Å². The second-order valence-electron chi connectivity index (χ2n) is 15.0. The van der Waals surface area contributed by atoms with Gasteiger partial charge in [0.15, 0.2) is 5.58 Å². The lowest BCUT2D eigenvalue weighted by molar-refractivity contribution is 0.544. The van der Waals surface area contributed by atoms with E-state index in [2.05, 4.69) is 167 Å². The zero-order valence-electron chi connectivity index (χ0n) is 27.6. The van der Waals surface area contributed by atoms with Gasteiger partial charge in [-0.1, -0.05) is 143 Å². The second-order valence-corrected chi connectivity index (χ2v) is 15.0. The summed E-state index contributed by atoms with van der Waals surface area (Å²) in [5.74, 6) is 0. The molecule has 0 saturated heterocycles. The van der Waals surface area contributed by atoms with Crippen molar-refractivity contribution in [1.29, 1.82) is 0 Å². The molecule has 0 radical (unpaired) electrons. The molecule has 7 aromatic rings. The molecular weight excluding hydrogens is 569 g/mol. The molecule has 3 aliphatic rings. The lowest BCUT2D eigenvalue weighted by Crippen LogP contribution is -2.65. The number of furan rings is 1. The summed E-state index contributed by atoms with van der Waals surface area (Å²) in [6.45, 7) is 12.0. The van der Waals surface area contributed by atoms with Crippen LogP contribution in [0.3, 0.4) is 0 Å². The molecule has 0 spiro atoms. The molecular formula is C44H36BNO. The van der Waals surface area contributed by atoms with Crippen LogP contribution in [0, 0.1) is 0 Å². The van der Waals surface area contributed by atoms with Crippen LogP contribution in [0.2, 0.25) is 0 Å². The highest BCUT2D eigenvalue weighted by atomic mass is 16.3. The van der Waals surface area contributed by atoms with Crippen LogP contribution in [0.4, 0.5) is 11.4 Å². The highest BCUT2D eigenvalue weighted by Gasteiger charge is 2.54. The summed E-state index contributed by atoms with van der Waals surface area (Å²) in [5, 5.41) is 2.33. The van der Waals surface area contributed by atoms with E-state index in [1.54, 1.807) is 0 Å². The third-order valence-corrected chi connectivity index (χ3v) is 12.0. The van der Waals surface area contributed by atoms with Crippen LogP contribution in [-0.2, 0) is 16.2 Å². The molecule has 10 rings (SSSR count). The summed E-state index contributed by atoms with van der Waals surface area (Å²) in [4.78, 5) is 2.64. The molecule has 0 fully saturated rings. The van der Waals surface area contributed by atoms with Crippen molar-refractivity contribution in [3.63, 3.8) is 0 Å². The fraction of sp³-hybridized carbons (Fsp3) is 0.182. The van der Waals surface area contributed by atoms with Crippen molar-refractivity contribution in [2.45, 2.75) is 50.9 Å². The monoisotopic (exact) mass is 605 g/mol. The van der Waals surface area contributed by atoms with Crippen molar-refractivity contribution in [2.75, 3.05) is 4.81 Å². The number of para-hydroxylation sites is 2. The van der Waals surface area contributed by atoms with Gasteiger partial charge in [0.25, 0.3) is 0 Å². The maximum absolute atomic E-state index is 6.89. The molecule has 47 heavy (non-hydrogen) atoms. The van der Waals surface area contributed by atoms with Crippen LogP contribution in [0.1, 0.15) is 73.6 Å². The molecule has 1 unspecified atom stereocenters. The summed E-state index contributed by atoms with van der Waals surface area (Å²) >= 11 is 0. The molecule has 2 aliphatic heterocycles. The number of anilines is 2. The molecule has 0 N–H and O–H groups in total. The minimum absolute atomic E-state index is 0.0508. The Morgan fingerprint density at radius 2 is 1.11 bits per heavy atom. The van der Waals surface area contributed by atoms with E-state index < -0.39 is 0 Å². The van der Waals surface area contributed by atoms with Gasteiger partial charge in [0.2, 0.25) is 0 Å². The number of hydrogen-bond acceptors (Lipinski definition) is 2. The van der Waals surface area contributed by atoms with E-state index in [0.717, 1.165) is 16.6 Å². The maximum Gasteiger partial charge on any atom is 0.328 e. The number of nitrogens with zero attached hydrogens (tertiary/aromatic N) is 1. The van der Waals surface area contributed by atoms with E-state index in [0.29, 0.717) is 0 Å². The fourth-order valence-corrected chi connectivity index (χ4v) is 9.80. The van der Waals surface area contributed by atoms with E-state index in [-0.39, 0.29) is 23.1 Å². The number of rotatable bonds is 1. The first-order chi connectivity index (χ1) is 22.7. The fourth-order valence-electron chi connectivity index (χ4n) is 9.80. The first-order valence-corrected chi connectivity index (χ1v) is 16.9. The van der Waals surface area contributed by atoms with Gasteiger partial charge in [-0.25, -0.2) is 0 Å². The highest BCUT2D eigenvalue weighted by molar-refractivity contribution is 6.90. The van der Waals surface area contributed by atoms with Crippen molar-refractivity contribution in [2.24, 2.45) is 0 Å². The van der Waals surface area contributed by atoms with Gasteiger partial charge in [0.05, 0.1) is 5.69 Å². The normalized spacial score (nSPS) is 19.5.